The Morgan fingerprint density at radius 1 is 1.56 bits per heavy atom. The van der Waals surface area contributed by atoms with Crippen LogP contribution in [-0.4, -0.2) is 5.33 Å². The smallest absolute Gasteiger partial charge is 0.0886 e. The fraction of sp³-hybridized carbons (Fsp3) is 0.875. The molecule has 1 unspecified atom stereocenters. The molecule has 9 heavy (non-hydrogen) atoms. The summed E-state index contributed by atoms with van der Waals surface area (Å²) in [7, 11) is 0. The molecule has 0 rings (SSSR count). The van der Waals surface area contributed by atoms with Crippen molar-refractivity contribution in [3.05, 3.63) is 6.92 Å². The Hall–Kier alpha value is 0.350. The van der Waals surface area contributed by atoms with E-state index in [1.54, 1.807) is 0 Å². The van der Waals surface area contributed by atoms with Crippen molar-refractivity contribution in [1.29, 1.82) is 0 Å². The molecule has 0 amide bonds. The molecule has 1 heteroatoms. The Bertz CT molecular complexity index is 48.5. The van der Waals surface area contributed by atoms with Crippen LogP contribution in [0.1, 0.15) is 32.6 Å². The molecule has 0 radical (unpaired) electrons. The van der Waals surface area contributed by atoms with Crippen LogP contribution in [0.3, 0.4) is 0 Å². The number of halogens is 1. The maximum atomic E-state index is 3.88. The van der Waals surface area contributed by atoms with Gasteiger partial charge < -0.3 is 0 Å². The normalized spacial score (nSPS) is 13.6. The van der Waals surface area contributed by atoms with Crippen molar-refractivity contribution in [3.63, 3.8) is 0 Å². The van der Waals surface area contributed by atoms with Gasteiger partial charge in [0, 0.05) is 11.2 Å². The molecule has 0 N–H and O–H groups in total. The van der Waals surface area contributed by atoms with Crippen LogP contribution in [0.25, 0.3) is 0 Å². The quantitative estimate of drug-likeness (QED) is 0.462. The summed E-state index contributed by atoms with van der Waals surface area (Å²) >= 11 is 3.47. The summed E-state index contributed by atoms with van der Waals surface area (Å²) in [4.78, 5) is 0. The summed E-state index contributed by atoms with van der Waals surface area (Å²) in [6.07, 6.45) is 5.08. The molecule has 0 aliphatic rings. The van der Waals surface area contributed by atoms with Gasteiger partial charge in [-0.05, 0) is 6.42 Å². The summed E-state index contributed by atoms with van der Waals surface area (Å²) in [6.45, 7) is 6.11. The van der Waals surface area contributed by atoms with Gasteiger partial charge in [0.1, 0.15) is 0 Å². The van der Waals surface area contributed by atoms with Gasteiger partial charge in [-0.15, -0.1) is 0 Å². The second-order valence-corrected chi connectivity index (χ2v) is 3.10. The fourth-order valence-electron chi connectivity index (χ4n) is 0.791. The van der Waals surface area contributed by atoms with Crippen LogP contribution >= 0.6 is 15.9 Å². The molecule has 0 aromatic heterocycles. The predicted molar refractivity (Wildman–Crippen MR) is 46.8 cm³/mol. The van der Waals surface area contributed by atoms with Crippen LogP contribution in [0.5, 0.6) is 0 Å². The van der Waals surface area contributed by atoms with Crippen LogP contribution in [-0.2, 0) is 0 Å². The first-order valence-electron chi connectivity index (χ1n) is 3.70. The lowest BCUT2D eigenvalue weighted by atomic mass is 10.0. The van der Waals surface area contributed by atoms with Crippen molar-refractivity contribution < 1.29 is 0 Å². The average molecular weight is 192 g/mol. The third kappa shape index (κ3) is 4.83. The highest BCUT2D eigenvalue weighted by atomic mass is 79.9. The van der Waals surface area contributed by atoms with Gasteiger partial charge >= 0.3 is 0 Å². The minimum absolute atomic E-state index is 0.810. The van der Waals surface area contributed by atoms with Gasteiger partial charge in [0.15, 0.2) is 0 Å². The van der Waals surface area contributed by atoms with Gasteiger partial charge in [-0.3, -0.25) is 0 Å². The summed E-state index contributed by atoms with van der Waals surface area (Å²) < 4.78 is 0. The summed E-state index contributed by atoms with van der Waals surface area (Å²) in [5.74, 6) is 0.810. The van der Waals surface area contributed by atoms with Crippen molar-refractivity contribution in [2.24, 2.45) is 5.92 Å². The van der Waals surface area contributed by atoms with E-state index in [1.807, 2.05) is 0 Å². The second-order valence-electron chi connectivity index (χ2n) is 2.45. The van der Waals surface area contributed by atoms with Crippen molar-refractivity contribution in [2.75, 3.05) is 5.33 Å². The molecule has 54 valence electrons. The van der Waals surface area contributed by atoms with E-state index in [1.165, 1.54) is 19.3 Å². The first-order valence-corrected chi connectivity index (χ1v) is 4.82. The minimum Gasteiger partial charge on any atom is -0.0923 e. The summed E-state index contributed by atoms with van der Waals surface area (Å²) in [5.41, 5.74) is 0. The number of hydrogen-bond donors (Lipinski definition) is 0. The Balaban J connectivity index is 3.09. The van der Waals surface area contributed by atoms with Gasteiger partial charge in [-0.1, -0.05) is 35.7 Å². The highest BCUT2D eigenvalue weighted by Gasteiger charge is 2.05. The molecule has 0 aromatic rings. The van der Waals surface area contributed by atoms with Crippen molar-refractivity contribution in [2.45, 2.75) is 32.6 Å². The zero-order valence-corrected chi connectivity index (χ0v) is 7.78. The van der Waals surface area contributed by atoms with E-state index in [0.29, 0.717) is 0 Å². The van der Waals surface area contributed by atoms with Crippen molar-refractivity contribution in [1.82, 2.24) is 0 Å². The number of rotatable bonds is 5. The van der Waals surface area contributed by atoms with Crippen LogP contribution < -0.4 is 0 Å². The second kappa shape index (κ2) is 6.47. The van der Waals surface area contributed by atoms with Gasteiger partial charge in [-0.25, -0.2) is 0 Å². The van der Waals surface area contributed by atoms with E-state index in [4.69, 9.17) is 0 Å². The molecule has 0 nitrogen and oxygen atoms in total. The maximum absolute atomic E-state index is 3.88. The molecule has 0 fully saturated rings. The van der Waals surface area contributed by atoms with Crippen molar-refractivity contribution in [3.8, 4) is 0 Å². The van der Waals surface area contributed by atoms with E-state index in [9.17, 15) is 0 Å². The first-order chi connectivity index (χ1) is 4.35. The maximum Gasteiger partial charge on any atom is 0.0886 e. The van der Waals surface area contributed by atoms with Crippen LogP contribution in [0, 0.1) is 12.8 Å². The number of alkyl halides is 1. The zero-order valence-electron chi connectivity index (χ0n) is 6.20. The van der Waals surface area contributed by atoms with Crippen LogP contribution in [0.2, 0.25) is 0 Å². The Labute approximate surface area is 67.2 Å². The molecule has 0 aliphatic heterocycles. The van der Waals surface area contributed by atoms with E-state index in [0.717, 1.165) is 17.7 Å². The van der Waals surface area contributed by atoms with E-state index >= 15 is 0 Å². The Morgan fingerprint density at radius 3 is 2.56 bits per heavy atom. The number of unbranched alkanes of at least 4 members (excludes halogenated alkanes) is 1. The van der Waals surface area contributed by atoms with Gasteiger partial charge in [-0.2, -0.15) is 0 Å². The topological polar surface area (TPSA) is 0 Å². The Morgan fingerprint density at radius 2 is 2.22 bits per heavy atom. The zero-order chi connectivity index (χ0) is 7.11. The molecule has 0 aliphatic carbocycles. The van der Waals surface area contributed by atoms with Gasteiger partial charge in [0.2, 0.25) is 0 Å². The molecule has 0 heterocycles. The highest BCUT2D eigenvalue weighted by molar-refractivity contribution is 9.09. The monoisotopic (exact) mass is 191 g/mol. The van der Waals surface area contributed by atoms with E-state index in [-0.39, 0.29) is 0 Å². The Kier molecular flexibility index (Phi) is 6.72. The molecule has 0 bridgehead atoms. The van der Waals surface area contributed by atoms with Crippen LogP contribution in [0.15, 0.2) is 0 Å². The SMILES string of the molecule is [CH2+]CC(CBr)CCCC. The molecule has 0 saturated heterocycles. The summed E-state index contributed by atoms with van der Waals surface area (Å²) in [5, 5.41) is 1.12. The summed E-state index contributed by atoms with van der Waals surface area (Å²) in [6, 6.07) is 0. The minimum atomic E-state index is 0.810. The fourth-order valence-corrected chi connectivity index (χ4v) is 1.44. The van der Waals surface area contributed by atoms with Crippen LogP contribution in [0.4, 0.5) is 0 Å². The highest BCUT2D eigenvalue weighted by Crippen LogP contribution is 2.13. The lowest BCUT2D eigenvalue weighted by Crippen LogP contribution is -1.98. The first kappa shape index (κ1) is 9.35. The standard InChI is InChI=1S/C8H16Br/c1-3-5-6-8(4-2)7-9/h8H,2-7H2,1H3/q+1. The third-order valence-electron chi connectivity index (χ3n) is 1.59. The third-order valence-corrected chi connectivity index (χ3v) is 2.51. The molecular formula is C8H16Br+. The lowest BCUT2D eigenvalue weighted by molar-refractivity contribution is 0.521. The number of hydrogen-bond acceptors (Lipinski definition) is 0. The lowest BCUT2D eigenvalue weighted by Gasteiger charge is -2.04. The van der Waals surface area contributed by atoms with E-state index in [2.05, 4.69) is 29.8 Å². The molecule has 1 atom stereocenters. The predicted octanol–water partition coefficient (Wildman–Crippen LogP) is 3.41. The van der Waals surface area contributed by atoms with Gasteiger partial charge in [0.25, 0.3) is 0 Å². The van der Waals surface area contributed by atoms with Crippen molar-refractivity contribution >= 4 is 15.9 Å². The molecule has 0 saturated carbocycles. The molecule has 0 aromatic carbocycles. The van der Waals surface area contributed by atoms with Gasteiger partial charge in [0.05, 0.1) is 13.3 Å². The average Bonchev–Trinajstić information content (AvgIpc) is 1.91. The largest absolute Gasteiger partial charge is 0.0923 e. The molecular weight excluding hydrogens is 176 g/mol. The van der Waals surface area contributed by atoms with E-state index < -0.39 is 0 Å². The molecule has 0 spiro atoms.